The number of nitrogens with zero attached hydrogens (tertiary/aromatic N) is 1. The second-order valence-corrected chi connectivity index (χ2v) is 4.03. The van der Waals surface area contributed by atoms with Crippen LogP contribution < -0.4 is 5.76 Å². The van der Waals surface area contributed by atoms with E-state index in [1.165, 1.54) is 6.07 Å². The molecule has 0 aliphatic carbocycles. The van der Waals surface area contributed by atoms with Crippen molar-refractivity contribution in [1.29, 1.82) is 0 Å². The van der Waals surface area contributed by atoms with Gasteiger partial charge in [-0.3, -0.25) is 4.98 Å². The molecule has 0 aliphatic heterocycles. The van der Waals surface area contributed by atoms with E-state index in [0.29, 0.717) is 21.7 Å². The Morgan fingerprint density at radius 2 is 2.25 bits per heavy atom. The van der Waals surface area contributed by atoms with Crippen LogP contribution in [0.5, 0.6) is 0 Å². The van der Waals surface area contributed by atoms with Gasteiger partial charge in [0.25, 0.3) is 0 Å². The molecule has 5 nitrogen and oxygen atoms in total. The Kier molecular flexibility index (Phi) is 2.73. The van der Waals surface area contributed by atoms with Gasteiger partial charge in [0.15, 0.2) is 11.1 Å². The predicted molar refractivity (Wildman–Crippen MR) is 61.0 cm³/mol. The van der Waals surface area contributed by atoms with Gasteiger partial charge in [0.05, 0.1) is 5.02 Å². The van der Waals surface area contributed by atoms with Crippen molar-refractivity contribution in [1.82, 2.24) is 4.98 Å². The maximum absolute atomic E-state index is 11.0. The molecular formula is C9H6Cl2N2O3. The number of nitrogens with one attached hydrogen (secondary N) is 1. The number of rotatable bonds is 2. The fourth-order valence-electron chi connectivity index (χ4n) is 1.47. The Morgan fingerprint density at radius 1 is 1.56 bits per heavy atom. The Hall–Kier alpha value is -1.33. The molecular weight excluding hydrogens is 255 g/mol. The molecule has 0 aliphatic rings. The molecule has 0 bridgehead atoms. The maximum Gasteiger partial charge on any atom is 0.417 e. The third-order valence-electron chi connectivity index (χ3n) is 2.29. The first-order valence-corrected chi connectivity index (χ1v) is 5.14. The van der Waals surface area contributed by atoms with Gasteiger partial charge in [0, 0.05) is 5.56 Å². The van der Waals surface area contributed by atoms with Gasteiger partial charge in [-0.15, -0.1) is 4.91 Å². The number of oxazole rings is 1. The lowest BCUT2D eigenvalue weighted by Gasteiger charge is -2.07. The molecule has 0 saturated heterocycles. The molecule has 0 spiro atoms. The van der Waals surface area contributed by atoms with Gasteiger partial charge in [0.2, 0.25) is 0 Å². The van der Waals surface area contributed by atoms with Crippen molar-refractivity contribution in [3.8, 4) is 0 Å². The first-order chi connectivity index (χ1) is 7.54. The number of aromatic nitrogens is 1. The average molecular weight is 261 g/mol. The molecule has 1 heterocycles. The average Bonchev–Trinajstić information content (AvgIpc) is 2.63. The summed E-state index contributed by atoms with van der Waals surface area (Å²) < 4.78 is 4.84. The highest BCUT2D eigenvalue weighted by molar-refractivity contribution is 6.36. The van der Waals surface area contributed by atoms with Crippen molar-refractivity contribution < 1.29 is 4.42 Å². The molecule has 2 aromatic rings. The summed E-state index contributed by atoms with van der Waals surface area (Å²) in [6.45, 7) is 1.68. The van der Waals surface area contributed by atoms with Crippen molar-refractivity contribution in [3.05, 3.63) is 37.7 Å². The Morgan fingerprint density at radius 3 is 2.88 bits per heavy atom. The number of halogens is 2. The fraction of sp³-hybridized carbons (Fsp3) is 0.222. The molecule has 1 aromatic carbocycles. The Bertz CT molecular complexity index is 617. The summed E-state index contributed by atoms with van der Waals surface area (Å²) in [6.07, 6.45) is 0. The van der Waals surface area contributed by atoms with E-state index in [4.69, 9.17) is 27.6 Å². The van der Waals surface area contributed by atoms with Crippen LogP contribution in [0.2, 0.25) is 5.02 Å². The van der Waals surface area contributed by atoms with Gasteiger partial charge in [-0.1, -0.05) is 23.2 Å². The summed E-state index contributed by atoms with van der Waals surface area (Å²) in [5.41, 5.74) is 0.609. The summed E-state index contributed by atoms with van der Waals surface area (Å²) in [7, 11) is 0. The summed E-state index contributed by atoms with van der Waals surface area (Å²) in [6, 6.07) is 1.48. The van der Waals surface area contributed by atoms with Crippen molar-refractivity contribution in [2.45, 2.75) is 12.4 Å². The Labute approximate surface area is 99.3 Å². The molecule has 0 saturated carbocycles. The number of nitroso groups, excluding NO2 is 1. The normalized spacial score (nSPS) is 12.9. The van der Waals surface area contributed by atoms with Crippen LogP contribution in [0.3, 0.4) is 0 Å². The monoisotopic (exact) mass is 260 g/mol. The van der Waals surface area contributed by atoms with Gasteiger partial charge in [-0.25, -0.2) is 4.79 Å². The zero-order chi connectivity index (χ0) is 11.9. The number of alkyl halides is 1. The Balaban J connectivity index is 2.82. The number of hydrogen-bond donors (Lipinski definition) is 1. The van der Waals surface area contributed by atoms with E-state index in [2.05, 4.69) is 10.2 Å². The van der Waals surface area contributed by atoms with Crippen molar-refractivity contribution >= 4 is 34.3 Å². The molecule has 0 radical (unpaired) electrons. The lowest BCUT2D eigenvalue weighted by atomic mass is 10.1. The van der Waals surface area contributed by atoms with Crippen molar-refractivity contribution in [2.24, 2.45) is 5.18 Å². The minimum Gasteiger partial charge on any atom is -0.408 e. The largest absolute Gasteiger partial charge is 0.417 e. The molecule has 2 rings (SSSR count). The lowest BCUT2D eigenvalue weighted by molar-refractivity contribution is 0.555. The smallest absolute Gasteiger partial charge is 0.408 e. The molecule has 1 aromatic heterocycles. The molecule has 16 heavy (non-hydrogen) atoms. The predicted octanol–water partition coefficient (Wildman–Crippen LogP) is 3.09. The van der Waals surface area contributed by atoms with Gasteiger partial charge >= 0.3 is 5.76 Å². The lowest BCUT2D eigenvalue weighted by Crippen LogP contribution is -1.94. The van der Waals surface area contributed by atoms with Crippen LogP contribution in [0.4, 0.5) is 0 Å². The number of aromatic amines is 1. The number of H-pyrrole nitrogens is 1. The highest BCUT2D eigenvalue weighted by Gasteiger charge is 2.18. The van der Waals surface area contributed by atoms with Crippen LogP contribution in [0.15, 0.2) is 20.5 Å². The van der Waals surface area contributed by atoms with Crippen LogP contribution in [0.25, 0.3) is 11.1 Å². The molecule has 7 heteroatoms. The standard InChI is InChI=1S/C9H6Cl2N2O3/c1-3-4(8(11)13-15)2-5-7(6(3)10)12-9(14)16-5/h2,8H,1H3,(H,12,14). The van der Waals surface area contributed by atoms with E-state index >= 15 is 0 Å². The third-order valence-corrected chi connectivity index (χ3v) is 3.08. The molecule has 1 atom stereocenters. The van der Waals surface area contributed by atoms with Crippen molar-refractivity contribution in [2.75, 3.05) is 0 Å². The maximum atomic E-state index is 11.0. The molecule has 84 valence electrons. The SMILES string of the molecule is Cc1c(C(Cl)N=O)cc2oc(=O)[nH]c2c1Cl. The highest BCUT2D eigenvalue weighted by atomic mass is 35.5. The zero-order valence-electron chi connectivity index (χ0n) is 8.08. The van der Waals surface area contributed by atoms with Crippen LogP contribution >= 0.6 is 23.2 Å². The highest BCUT2D eigenvalue weighted by Crippen LogP contribution is 2.34. The van der Waals surface area contributed by atoms with Gasteiger partial charge in [-0.05, 0) is 23.7 Å². The fourth-order valence-corrected chi connectivity index (χ4v) is 1.95. The zero-order valence-corrected chi connectivity index (χ0v) is 9.59. The summed E-state index contributed by atoms with van der Waals surface area (Å²) in [5, 5.41) is 3.00. The quantitative estimate of drug-likeness (QED) is 0.512. The van der Waals surface area contributed by atoms with E-state index in [9.17, 15) is 9.70 Å². The first kappa shape index (κ1) is 11.2. The third kappa shape index (κ3) is 1.62. The second kappa shape index (κ2) is 3.92. The summed E-state index contributed by atoms with van der Waals surface area (Å²) >= 11 is 11.7. The number of benzene rings is 1. The van der Waals surface area contributed by atoms with E-state index < -0.39 is 11.3 Å². The van der Waals surface area contributed by atoms with Crippen LogP contribution in [0.1, 0.15) is 16.6 Å². The minimum absolute atomic E-state index is 0.255. The van der Waals surface area contributed by atoms with Crippen LogP contribution in [-0.2, 0) is 0 Å². The van der Waals surface area contributed by atoms with E-state index in [0.717, 1.165) is 0 Å². The van der Waals surface area contributed by atoms with Gasteiger partial charge in [-0.2, -0.15) is 0 Å². The minimum atomic E-state index is -1.05. The second-order valence-electron chi connectivity index (χ2n) is 3.23. The molecule has 0 fully saturated rings. The van der Waals surface area contributed by atoms with Crippen LogP contribution in [0, 0.1) is 11.8 Å². The molecule has 1 N–H and O–H groups in total. The van der Waals surface area contributed by atoms with Crippen LogP contribution in [-0.4, -0.2) is 4.98 Å². The number of hydrogen-bond acceptors (Lipinski definition) is 4. The van der Waals surface area contributed by atoms with E-state index in [1.54, 1.807) is 6.92 Å². The van der Waals surface area contributed by atoms with Gasteiger partial charge in [0.1, 0.15) is 5.52 Å². The van der Waals surface area contributed by atoms with Crippen molar-refractivity contribution in [3.63, 3.8) is 0 Å². The molecule has 1 unspecified atom stereocenters. The topological polar surface area (TPSA) is 75.4 Å². The van der Waals surface area contributed by atoms with E-state index in [1.807, 2.05) is 0 Å². The summed E-state index contributed by atoms with van der Waals surface area (Å²) in [4.78, 5) is 23.8. The summed E-state index contributed by atoms with van der Waals surface area (Å²) in [5.74, 6) is -0.612. The van der Waals surface area contributed by atoms with E-state index in [-0.39, 0.29) is 5.58 Å². The number of fused-ring (bicyclic) bond motifs is 1. The molecule has 0 amide bonds. The van der Waals surface area contributed by atoms with Gasteiger partial charge < -0.3 is 4.42 Å². The first-order valence-electron chi connectivity index (χ1n) is 4.33.